The molecule has 28 heavy (non-hydrogen) atoms. The quantitative estimate of drug-likeness (QED) is 0.771. The van der Waals surface area contributed by atoms with Crippen molar-refractivity contribution < 1.29 is 17.9 Å². The van der Waals surface area contributed by atoms with Gasteiger partial charge in [-0.1, -0.05) is 43.6 Å². The molecule has 6 nitrogen and oxygen atoms in total. The van der Waals surface area contributed by atoms with Crippen molar-refractivity contribution >= 4 is 27.5 Å². The Morgan fingerprint density at radius 3 is 2.64 bits per heavy atom. The van der Waals surface area contributed by atoms with Gasteiger partial charge in [0.2, 0.25) is 10.0 Å². The van der Waals surface area contributed by atoms with E-state index in [1.807, 2.05) is 24.3 Å². The number of nitrogens with one attached hydrogen (secondary N) is 1. The summed E-state index contributed by atoms with van der Waals surface area (Å²) >= 11 is 6.21. The van der Waals surface area contributed by atoms with Crippen LogP contribution in [-0.4, -0.2) is 38.3 Å². The zero-order valence-electron chi connectivity index (χ0n) is 15.8. The van der Waals surface area contributed by atoms with Gasteiger partial charge in [0, 0.05) is 25.1 Å². The van der Waals surface area contributed by atoms with E-state index in [1.165, 1.54) is 22.5 Å². The van der Waals surface area contributed by atoms with Crippen molar-refractivity contribution in [2.75, 3.05) is 19.7 Å². The number of amides is 1. The molecule has 1 amide bonds. The first kappa shape index (κ1) is 20.6. The summed E-state index contributed by atoms with van der Waals surface area (Å²) in [5.41, 5.74) is 1.03. The SMILES string of the molecule is CCN(CC)S(=O)(=O)c1ccc(Cl)c(C(=O)NC2CCOc3ccccc32)c1. The molecule has 0 bridgehead atoms. The van der Waals surface area contributed by atoms with Gasteiger partial charge in [0.25, 0.3) is 5.91 Å². The van der Waals surface area contributed by atoms with Gasteiger partial charge in [-0.15, -0.1) is 0 Å². The fourth-order valence-electron chi connectivity index (χ4n) is 3.28. The second kappa shape index (κ2) is 8.51. The number of sulfonamides is 1. The summed E-state index contributed by atoms with van der Waals surface area (Å²) in [5.74, 6) is 0.325. The molecule has 0 radical (unpaired) electrons. The Morgan fingerprint density at radius 2 is 1.93 bits per heavy atom. The molecular formula is C20H23ClN2O4S. The predicted molar refractivity (Wildman–Crippen MR) is 108 cm³/mol. The van der Waals surface area contributed by atoms with Crippen molar-refractivity contribution in [2.24, 2.45) is 0 Å². The van der Waals surface area contributed by atoms with Gasteiger partial charge < -0.3 is 10.1 Å². The van der Waals surface area contributed by atoms with E-state index < -0.39 is 15.9 Å². The van der Waals surface area contributed by atoms with Crippen LogP contribution in [0.4, 0.5) is 0 Å². The lowest BCUT2D eigenvalue weighted by atomic mass is 10.00. The van der Waals surface area contributed by atoms with Gasteiger partial charge in [-0.3, -0.25) is 4.79 Å². The first-order chi connectivity index (χ1) is 13.4. The summed E-state index contributed by atoms with van der Waals surface area (Å²) in [6, 6.07) is 11.5. The minimum atomic E-state index is -3.68. The van der Waals surface area contributed by atoms with E-state index in [-0.39, 0.29) is 21.5 Å². The molecule has 2 aromatic carbocycles. The smallest absolute Gasteiger partial charge is 0.253 e. The van der Waals surface area contributed by atoms with E-state index in [1.54, 1.807) is 13.8 Å². The zero-order chi connectivity index (χ0) is 20.3. The maximum atomic E-state index is 12.9. The van der Waals surface area contributed by atoms with Crippen LogP contribution in [0.1, 0.15) is 42.2 Å². The van der Waals surface area contributed by atoms with Crippen molar-refractivity contribution in [1.82, 2.24) is 9.62 Å². The third-order valence-corrected chi connectivity index (χ3v) is 7.16. The molecule has 0 spiro atoms. The van der Waals surface area contributed by atoms with Crippen LogP contribution in [0.5, 0.6) is 5.75 Å². The van der Waals surface area contributed by atoms with E-state index >= 15 is 0 Å². The fraction of sp³-hybridized carbons (Fsp3) is 0.350. The normalized spacial score (nSPS) is 16.4. The molecule has 3 rings (SSSR count). The topological polar surface area (TPSA) is 75.7 Å². The zero-order valence-corrected chi connectivity index (χ0v) is 17.4. The van der Waals surface area contributed by atoms with Crippen molar-refractivity contribution in [3.05, 3.63) is 58.6 Å². The molecule has 0 saturated heterocycles. The molecule has 0 fully saturated rings. The van der Waals surface area contributed by atoms with Gasteiger partial charge >= 0.3 is 0 Å². The number of carbonyl (C=O) groups is 1. The number of benzene rings is 2. The highest BCUT2D eigenvalue weighted by Gasteiger charge is 2.26. The molecular weight excluding hydrogens is 400 g/mol. The predicted octanol–water partition coefficient (Wildman–Crippen LogP) is 3.62. The van der Waals surface area contributed by atoms with Gasteiger partial charge in [-0.25, -0.2) is 8.42 Å². The lowest BCUT2D eigenvalue weighted by Crippen LogP contribution is -2.33. The van der Waals surface area contributed by atoms with E-state index in [4.69, 9.17) is 16.3 Å². The number of hydrogen-bond acceptors (Lipinski definition) is 4. The Labute approximate surface area is 170 Å². The van der Waals surface area contributed by atoms with Crippen LogP contribution in [-0.2, 0) is 10.0 Å². The van der Waals surface area contributed by atoms with E-state index in [0.717, 1.165) is 11.3 Å². The number of carbonyl (C=O) groups excluding carboxylic acids is 1. The van der Waals surface area contributed by atoms with Crippen LogP contribution in [0.3, 0.4) is 0 Å². The monoisotopic (exact) mass is 422 g/mol. The summed E-state index contributed by atoms with van der Waals surface area (Å²) in [6.07, 6.45) is 0.623. The molecule has 8 heteroatoms. The van der Waals surface area contributed by atoms with Crippen LogP contribution < -0.4 is 10.1 Å². The Bertz CT molecular complexity index is 974. The number of halogens is 1. The average molecular weight is 423 g/mol. The second-order valence-corrected chi connectivity index (χ2v) is 8.78. The molecule has 0 aromatic heterocycles. The van der Waals surface area contributed by atoms with Gasteiger partial charge in [-0.05, 0) is 24.3 Å². The third kappa shape index (κ3) is 4.01. The van der Waals surface area contributed by atoms with Crippen molar-refractivity contribution in [3.8, 4) is 5.75 Å². The number of ether oxygens (including phenoxy) is 1. The number of hydrogen-bond donors (Lipinski definition) is 1. The van der Waals surface area contributed by atoms with Crippen LogP contribution in [0.15, 0.2) is 47.4 Å². The van der Waals surface area contributed by atoms with Crippen molar-refractivity contribution in [3.63, 3.8) is 0 Å². The molecule has 0 aliphatic carbocycles. The van der Waals surface area contributed by atoms with E-state index in [2.05, 4.69) is 5.32 Å². The molecule has 1 aliphatic heterocycles. The Hall–Kier alpha value is -2.09. The van der Waals surface area contributed by atoms with Gasteiger partial charge in [0.15, 0.2) is 0 Å². The van der Waals surface area contributed by atoms with Crippen molar-refractivity contribution in [2.45, 2.75) is 31.2 Å². The van der Waals surface area contributed by atoms with Crippen LogP contribution in [0.2, 0.25) is 5.02 Å². The van der Waals surface area contributed by atoms with Crippen molar-refractivity contribution in [1.29, 1.82) is 0 Å². The summed E-state index contributed by atoms with van der Waals surface area (Å²) in [7, 11) is -3.68. The molecule has 1 atom stereocenters. The molecule has 150 valence electrons. The van der Waals surface area contributed by atoms with Gasteiger partial charge in [0.05, 0.1) is 28.1 Å². The minimum absolute atomic E-state index is 0.0538. The highest BCUT2D eigenvalue weighted by Crippen LogP contribution is 2.32. The maximum Gasteiger partial charge on any atom is 0.253 e. The number of fused-ring (bicyclic) bond motifs is 1. The molecule has 0 saturated carbocycles. The minimum Gasteiger partial charge on any atom is -0.493 e. The summed E-state index contributed by atoms with van der Waals surface area (Å²) in [4.78, 5) is 12.9. The van der Waals surface area contributed by atoms with Gasteiger partial charge in [-0.2, -0.15) is 4.31 Å². The highest BCUT2D eigenvalue weighted by atomic mass is 35.5. The fourth-order valence-corrected chi connectivity index (χ4v) is 4.97. The largest absolute Gasteiger partial charge is 0.493 e. The number of para-hydroxylation sites is 1. The lowest BCUT2D eigenvalue weighted by Gasteiger charge is -2.27. The maximum absolute atomic E-state index is 12.9. The Kier molecular flexibility index (Phi) is 6.27. The Balaban J connectivity index is 1.89. The molecule has 1 unspecified atom stereocenters. The molecule has 1 N–H and O–H groups in total. The van der Waals surface area contributed by atoms with Gasteiger partial charge in [0.1, 0.15) is 5.75 Å². The number of nitrogens with zero attached hydrogens (tertiary/aromatic N) is 1. The third-order valence-electron chi connectivity index (χ3n) is 4.79. The number of rotatable bonds is 6. The van der Waals surface area contributed by atoms with E-state index in [0.29, 0.717) is 26.1 Å². The van der Waals surface area contributed by atoms with Crippen LogP contribution in [0, 0.1) is 0 Å². The Morgan fingerprint density at radius 1 is 1.21 bits per heavy atom. The molecule has 1 heterocycles. The molecule has 1 aliphatic rings. The first-order valence-corrected chi connectivity index (χ1v) is 11.0. The molecule has 2 aromatic rings. The first-order valence-electron chi connectivity index (χ1n) is 9.20. The van der Waals surface area contributed by atoms with Crippen LogP contribution >= 0.6 is 11.6 Å². The summed E-state index contributed by atoms with van der Waals surface area (Å²) < 4.78 is 32.5. The highest BCUT2D eigenvalue weighted by molar-refractivity contribution is 7.89. The summed E-state index contributed by atoms with van der Waals surface area (Å²) in [6.45, 7) is 4.73. The standard InChI is InChI=1S/C20H23ClN2O4S/c1-3-23(4-2)28(25,26)14-9-10-17(21)16(13-14)20(24)22-18-11-12-27-19-8-6-5-7-15(18)19/h5-10,13,18H,3-4,11-12H2,1-2H3,(H,22,24). The summed E-state index contributed by atoms with van der Waals surface area (Å²) in [5, 5.41) is 3.16. The van der Waals surface area contributed by atoms with E-state index in [9.17, 15) is 13.2 Å². The average Bonchev–Trinajstić information content (AvgIpc) is 2.69. The van der Waals surface area contributed by atoms with Crippen LogP contribution in [0.25, 0.3) is 0 Å². The second-order valence-electron chi connectivity index (χ2n) is 6.43. The lowest BCUT2D eigenvalue weighted by molar-refractivity contribution is 0.0924.